The Labute approximate surface area is 257 Å². The Balaban J connectivity index is 1.34. The zero-order chi connectivity index (χ0) is 29.3. The summed E-state index contributed by atoms with van der Waals surface area (Å²) in [4.78, 5) is 9.56. The van der Waals surface area contributed by atoms with Gasteiger partial charge in [0.05, 0.1) is 11.0 Å². The first-order chi connectivity index (χ1) is 21.9. The van der Waals surface area contributed by atoms with Crippen molar-refractivity contribution >= 4 is 21.8 Å². The molecule has 44 heavy (non-hydrogen) atoms. The Morgan fingerprint density at radius 3 is 0.795 bits per heavy atom. The number of nitrogens with zero attached hydrogens (tertiary/aromatic N) is 2. The van der Waals surface area contributed by atoms with Crippen molar-refractivity contribution in [3.63, 3.8) is 0 Å². The van der Waals surface area contributed by atoms with Crippen LogP contribution in [0.15, 0.2) is 170 Å². The molecule has 0 atom stereocenters. The maximum Gasteiger partial charge on any atom is 0.0780 e. The molecule has 2 nitrogen and oxygen atoms in total. The fraction of sp³-hybridized carbons (Fsp3) is 0. The summed E-state index contributed by atoms with van der Waals surface area (Å²) in [6, 6.07) is 56.0. The van der Waals surface area contributed by atoms with Gasteiger partial charge in [0.15, 0.2) is 0 Å². The highest BCUT2D eigenvalue weighted by Crippen LogP contribution is 2.44. The van der Waals surface area contributed by atoms with E-state index in [2.05, 4.69) is 146 Å². The van der Waals surface area contributed by atoms with Crippen LogP contribution in [-0.4, -0.2) is 9.97 Å². The molecule has 0 fully saturated rings. The fourth-order valence-corrected chi connectivity index (χ4v) is 6.45. The number of rotatable bonds is 5. The third-order valence-corrected chi connectivity index (χ3v) is 8.42. The first kappa shape index (κ1) is 25.8. The van der Waals surface area contributed by atoms with Gasteiger partial charge in [0.2, 0.25) is 0 Å². The summed E-state index contributed by atoms with van der Waals surface area (Å²) in [7, 11) is 0. The molecule has 206 valence electrons. The lowest BCUT2D eigenvalue weighted by atomic mass is 9.85. The highest BCUT2D eigenvalue weighted by atomic mass is 14.7. The Bertz CT molecular complexity index is 2120. The van der Waals surface area contributed by atoms with Crippen LogP contribution in [0.2, 0.25) is 0 Å². The van der Waals surface area contributed by atoms with Crippen LogP contribution in [0, 0.1) is 0 Å². The molecular formula is C42H28N2. The predicted molar refractivity (Wildman–Crippen MR) is 184 cm³/mol. The summed E-state index contributed by atoms with van der Waals surface area (Å²) >= 11 is 0. The molecule has 6 aromatic carbocycles. The Morgan fingerprint density at radius 2 is 0.477 bits per heavy atom. The molecule has 8 aromatic rings. The van der Waals surface area contributed by atoms with E-state index in [0.717, 1.165) is 32.9 Å². The third kappa shape index (κ3) is 4.45. The van der Waals surface area contributed by atoms with Gasteiger partial charge in [-0.25, -0.2) is 0 Å². The maximum atomic E-state index is 4.78. The summed E-state index contributed by atoms with van der Waals surface area (Å²) in [6.45, 7) is 0. The molecule has 0 amide bonds. The number of fused-ring (bicyclic) bond motifs is 2. The van der Waals surface area contributed by atoms with Gasteiger partial charge in [-0.05, 0) is 56.6 Å². The van der Waals surface area contributed by atoms with Crippen molar-refractivity contribution in [2.45, 2.75) is 0 Å². The molecule has 2 heterocycles. The second-order valence-corrected chi connectivity index (χ2v) is 10.9. The summed E-state index contributed by atoms with van der Waals surface area (Å²) in [6.07, 6.45) is 3.75. The zero-order valence-electron chi connectivity index (χ0n) is 24.1. The van der Waals surface area contributed by atoms with E-state index in [1.807, 2.05) is 24.5 Å². The number of hydrogen-bond donors (Lipinski definition) is 0. The minimum atomic E-state index is 1.01. The number of para-hydroxylation sites is 2. The van der Waals surface area contributed by atoms with Crippen LogP contribution in [0.25, 0.3) is 77.4 Å². The lowest BCUT2D eigenvalue weighted by molar-refractivity contribution is 1.41. The molecule has 2 aromatic heterocycles. The van der Waals surface area contributed by atoms with E-state index in [-0.39, 0.29) is 0 Å². The fourth-order valence-electron chi connectivity index (χ4n) is 6.45. The van der Waals surface area contributed by atoms with E-state index in [1.54, 1.807) is 0 Å². The summed E-state index contributed by atoms with van der Waals surface area (Å²) in [5.41, 5.74) is 13.8. The van der Waals surface area contributed by atoms with Crippen LogP contribution in [0.1, 0.15) is 0 Å². The number of hydrogen-bond acceptors (Lipinski definition) is 2. The minimum absolute atomic E-state index is 1.01. The van der Waals surface area contributed by atoms with Crippen molar-refractivity contribution in [1.82, 2.24) is 9.97 Å². The van der Waals surface area contributed by atoms with Gasteiger partial charge >= 0.3 is 0 Å². The minimum Gasteiger partial charge on any atom is -0.256 e. The lowest BCUT2D eigenvalue weighted by Crippen LogP contribution is -1.93. The van der Waals surface area contributed by atoms with Gasteiger partial charge < -0.3 is 0 Å². The smallest absolute Gasteiger partial charge is 0.0780 e. The van der Waals surface area contributed by atoms with Crippen LogP contribution in [-0.2, 0) is 0 Å². The molecule has 0 aliphatic heterocycles. The third-order valence-electron chi connectivity index (χ3n) is 8.42. The van der Waals surface area contributed by atoms with Crippen molar-refractivity contribution in [2.24, 2.45) is 0 Å². The molecule has 0 aliphatic carbocycles. The highest BCUT2D eigenvalue weighted by Gasteiger charge is 2.18. The first-order valence-corrected chi connectivity index (χ1v) is 14.9. The van der Waals surface area contributed by atoms with Crippen molar-refractivity contribution in [3.8, 4) is 55.6 Å². The normalized spacial score (nSPS) is 11.2. The molecule has 0 bridgehead atoms. The van der Waals surface area contributed by atoms with E-state index in [1.165, 1.54) is 44.5 Å². The van der Waals surface area contributed by atoms with Gasteiger partial charge in [-0.3, -0.25) is 9.97 Å². The Kier molecular flexibility index (Phi) is 6.51. The largest absolute Gasteiger partial charge is 0.256 e. The van der Waals surface area contributed by atoms with Crippen molar-refractivity contribution in [3.05, 3.63) is 170 Å². The van der Waals surface area contributed by atoms with Gasteiger partial charge in [0.25, 0.3) is 0 Å². The molecule has 0 N–H and O–H groups in total. The standard InChI is InChI=1S/C42H28N2/c1-3-19-33(35-21-5-7-23-37(35)39-25-9-13-29-15-11-27-43-41(29)39)31(17-1)32-18-2-4-20-34(32)36-22-6-8-24-38(36)40-26-10-14-30-16-12-28-44-42(30)40/h1-28H. The molecule has 8 rings (SSSR count). The lowest BCUT2D eigenvalue weighted by Gasteiger charge is -2.19. The van der Waals surface area contributed by atoms with Crippen LogP contribution in [0.3, 0.4) is 0 Å². The Hall–Kier alpha value is -5.86. The van der Waals surface area contributed by atoms with E-state index in [0.29, 0.717) is 0 Å². The van der Waals surface area contributed by atoms with Gasteiger partial charge in [-0.2, -0.15) is 0 Å². The number of benzene rings is 6. The summed E-state index contributed by atoms with van der Waals surface area (Å²) in [5, 5.41) is 2.27. The van der Waals surface area contributed by atoms with Crippen molar-refractivity contribution < 1.29 is 0 Å². The molecule has 0 unspecified atom stereocenters. The van der Waals surface area contributed by atoms with E-state index in [9.17, 15) is 0 Å². The van der Waals surface area contributed by atoms with Gasteiger partial charge in [-0.15, -0.1) is 0 Å². The molecule has 2 heteroatoms. The van der Waals surface area contributed by atoms with E-state index >= 15 is 0 Å². The molecule has 0 spiro atoms. The Morgan fingerprint density at radius 1 is 0.227 bits per heavy atom. The van der Waals surface area contributed by atoms with Gasteiger partial charge in [0.1, 0.15) is 0 Å². The van der Waals surface area contributed by atoms with Crippen LogP contribution in [0.4, 0.5) is 0 Å². The topological polar surface area (TPSA) is 25.8 Å². The van der Waals surface area contributed by atoms with Crippen molar-refractivity contribution in [1.29, 1.82) is 0 Å². The quantitative estimate of drug-likeness (QED) is 0.209. The monoisotopic (exact) mass is 560 g/mol. The number of aromatic nitrogens is 2. The molecule has 0 radical (unpaired) electrons. The second-order valence-electron chi connectivity index (χ2n) is 10.9. The SMILES string of the molecule is c1ccc(-c2ccccc2-c2cccc3cccnc23)c(-c2ccccc2-c2ccccc2-c2cccc3cccnc23)c1. The van der Waals surface area contributed by atoms with Crippen LogP contribution in [0.5, 0.6) is 0 Å². The average molecular weight is 561 g/mol. The first-order valence-electron chi connectivity index (χ1n) is 14.9. The summed E-state index contributed by atoms with van der Waals surface area (Å²) in [5.74, 6) is 0. The van der Waals surface area contributed by atoms with Crippen LogP contribution >= 0.6 is 0 Å². The van der Waals surface area contributed by atoms with Crippen molar-refractivity contribution in [2.75, 3.05) is 0 Å². The number of pyridine rings is 2. The summed E-state index contributed by atoms with van der Waals surface area (Å²) < 4.78 is 0. The van der Waals surface area contributed by atoms with Crippen LogP contribution < -0.4 is 0 Å². The molecule has 0 saturated heterocycles. The molecular weight excluding hydrogens is 532 g/mol. The average Bonchev–Trinajstić information content (AvgIpc) is 3.11. The second kappa shape index (κ2) is 11.1. The maximum absolute atomic E-state index is 4.78. The zero-order valence-corrected chi connectivity index (χ0v) is 24.1. The molecule has 0 saturated carbocycles. The van der Waals surface area contributed by atoms with Gasteiger partial charge in [-0.1, -0.05) is 146 Å². The molecule has 0 aliphatic rings. The van der Waals surface area contributed by atoms with E-state index in [4.69, 9.17) is 9.97 Å². The predicted octanol–water partition coefficient (Wildman–Crippen LogP) is 11.1. The van der Waals surface area contributed by atoms with Gasteiger partial charge in [0, 0.05) is 34.3 Å². The highest BCUT2D eigenvalue weighted by molar-refractivity contribution is 6.03. The van der Waals surface area contributed by atoms with E-state index < -0.39 is 0 Å².